The Kier molecular flexibility index (Phi) is 8.32. The molecule has 1 fully saturated rings. The summed E-state index contributed by atoms with van der Waals surface area (Å²) in [5, 5.41) is 3.15. The van der Waals surface area contributed by atoms with Crippen LogP contribution in [0.4, 0.5) is 0 Å². The SMILES string of the molecule is CC(CCc1ccc(OC(C)C)cc1)NC(=O)C(c1ccccc1)N1CCS(=O)(=O)CC1. The highest BCUT2D eigenvalue weighted by Crippen LogP contribution is 2.24. The third-order valence-corrected chi connectivity index (χ3v) is 7.27. The van der Waals surface area contributed by atoms with Crippen molar-refractivity contribution in [1.29, 1.82) is 0 Å². The number of nitrogens with zero attached hydrogens (tertiary/aromatic N) is 1. The molecule has 1 amide bonds. The van der Waals surface area contributed by atoms with Crippen LogP contribution in [0.15, 0.2) is 54.6 Å². The maximum absolute atomic E-state index is 13.3. The van der Waals surface area contributed by atoms with Crippen LogP contribution >= 0.6 is 0 Å². The first-order valence-corrected chi connectivity index (χ1v) is 13.1. The molecule has 2 aromatic carbocycles. The number of amides is 1. The molecule has 174 valence electrons. The summed E-state index contributed by atoms with van der Waals surface area (Å²) >= 11 is 0. The van der Waals surface area contributed by atoms with Crippen LogP contribution in [-0.2, 0) is 21.1 Å². The molecule has 1 aliphatic heterocycles. The first-order chi connectivity index (χ1) is 15.2. The summed E-state index contributed by atoms with van der Waals surface area (Å²) in [5.74, 6) is 0.966. The topological polar surface area (TPSA) is 75.7 Å². The summed E-state index contributed by atoms with van der Waals surface area (Å²) in [7, 11) is -3.01. The van der Waals surface area contributed by atoms with Crippen molar-refractivity contribution in [2.75, 3.05) is 24.6 Å². The molecule has 2 aromatic rings. The molecule has 2 unspecified atom stereocenters. The minimum Gasteiger partial charge on any atom is -0.491 e. The Morgan fingerprint density at radius 3 is 2.22 bits per heavy atom. The van der Waals surface area contributed by atoms with Crippen LogP contribution in [0, 0.1) is 0 Å². The predicted octanol–water partition coefficient (Wildman–Crippen LogP) is 3.38. The van der Waals surface area contributed by atoms with E-state index in [9.17, 15) is 13.2 Å². The van der Waals surface area contributed by atoms with Crippen LogP contribution in [-0.4, -0.2) is 56.0 Å². The van der Waals surface area contributed by atoms with Gasteiger partial charge in [-0.05, 0) is 56.9 Å². The maximum Gasteiger partial charge on any atom is 0.242 e. The Morgan fingerprint density at radius 2 is 1.62 bits per heavy atom. The van der Waals surface area contributed by atoms with Gasteiger partial charge in [0.1, 0.15) is 11.8 Å². The van der Waals surface area contributed by atoms with Crippen molar-refractivity contribution in [3.8, 4) is 5.75 Å². The molecule has 1 heterocycles. The van der Waals surface area contributed by atoms with Crippen molar-refractivity contribution in [2.24, 2.45) is 0 Å². The minimum absolute atomic E-state index is 0.00572. The Bertz CT molecular complexity index is 961. The standard InChI is InChI=1S/C25H34N2O4S/c1-19(2)31-23-13-11-21(12-14-23)10-9-20(3)26-25(28)24(22-7-5-4-6-8-22)27-15-17-32(29,30)18-16-27/h4-8,11-14,19-20,24H,9-10,15-18H2,1-3H3,(H,26,28). The van der Waals surface area contributed by atoms with Gasteiger partial charge in [-0.3, -0.25) is 9.69 Å². The van der Waals surface area contributed by atoms with Crippen molar-refractivity contribution >= 4 is 15.7 Å². The van der Waals surface area contributed by atoms with Crippen LogP contribution < -0.4 is 10.1 Å². The zero-order valence-corrected chi connectivity index (χ0v) is 20.0. The highest BCUT2D eigenvalue weighted by Gasteiger charge is 2.32. The largest absolute Gasteiger partial charge is 0.491 e. The summed E-state index contributed by atoms with van der Waals surface area (Å²) in [5.41, 5.74) is 2.08. The van der Waals surface area contributed by atoms with Gasteiger partial charge in [0.2, 0.25) is 5.91 Å². The molecule has 2 atom stereocenters. The van der Waals surface area contributed by atoms with Crippen molar-refractivity contribution in [3.05, 3.63) is 65.7 Å². The summed E-state index contributed by atoms with van der Waals surface area (Å²) in [6, 6.07) is 17.2. The van der Waals surface area contributed by atoms with E-state index < -0.39 is 15.9 Å². The van der Waals surface area contributed by atoms with E-state index in [-0.39, 0.29) is 29.6 Å². The quantitative estimate of drug-likeness (QED) is 0.623. The van der Waals surface area contributed by atoms with E-state index in [1.807, 2.05) is 68.1 Å². The number of nitrogens with one attached hydrogen (secondary N) is 1. The monoisotopic (exact) mass is 458 g/mol. The molecule has 0 aromatic heterocycles. The first kappa shape index (κ1) is 24.3. The van der Waals surface area contributed by atoms with E-state index in [1.54, 1.807) is 0 Å². The number of hydrogen-bond acceptors (Lipinski definition) is 5. The van der Waals surface area contributed by atoms with E-state index in [0.717, 1.165) is 24.2 Å². The normalized spacial score (nSPS) is 18.1. The molecule has 0 saturated carbocycles. The number of carbonyl (C=O) groups excluding carboxylic acids is 1. The zero-order chi connectivity index (χ0) is 23.1. The molecular formula is C25H34N2O4S. The maximum atomic E-state index is 13.3. The van der Waals surface area contributed by atoms with Gasteiger partial charge in [0.05, 0.1) is 17.6 Å². The molecule has 1 saturated heterocycles. The lowest BCUT2D eigenvalue weighted by Crippen LogP contribution is -2.49. The van der Waals surface area contributed by atoms with Crippen molar-refractivity contribution < 1.29 is 17.9 Å². The summed E-state index contributed by atoms with van der Waals surface area (Å²) in [6.45, 7) is 6.76. The number of benzene rings is 2. The van der Waals surface area contributed by atoms with Gasteiger partial charge in [-0.25, -0.2) is 8.42 Å². The Labute approximate surface area is 191 Å². The second-order valence-electron chi connectivity index (χ2n) is 8.76. The van der Waals surface area contributed by atoms with Gasteiger partial charge in [-0.2, -0.15) is 0 Å². The van der Waals surface area contributed by atoms with E-state index in [1.165, 1.54) is 5.56 Å². The van der Waals surface area contributed by atoms with E-state index in [2.05, 4.69) is 17.4 Å². The third-order valence-electron chi connectivity index (χ3n) is 5.66. The number of rotatable bonds is 9. The number of carbonyl (C=O) groups is 1. The third kappa shape index (κ3) is 7.07. The molecule has 1 N–H and O–H groups in total. The highest BCUT2D eigenvalue weighted by atomic mass is 32.2. The lowest BCUT2D eigenvalue weighted by Gasteiger charge is -2.34. The van der Waals surface area contributed by atoms with Gasteiger partial charge >= 0.3 is 0 Å². The molecular weight excluding hydrogens is 424 g/mol. The summed E-state index contributed by atoms with van der Waals surface area (Å²) < 4.78 is 29.4. The Morgan fingerprint density at radius 1 is 1.00 bits per heavy atom. The average molecular weight is 459 g/mol. The average Bonchev–Trinajstić information content (AvgIpc) is 2.75. The molecule has 1 aliphatic rings. The van der Waals surface area contributed by atoms with Gasteiger partial charge in [0.15, 0.2) is 9.84 Å². The van der Waals surface area contributed by atoms with Gasteiger partial charge in [0.25, 0.3) is 0 Å². The second kappa shape index (κ2) is 11.0. The lowest BCUT2D eigenvalue weighted by atomic mass is 10.0. The molecule has 0 spiro atoms. The highest BCUT2D eigenvalue weighted by molar-refractivity contribution is 7.91. The van der Waals surface area contributed by atoms with Gasteiger partial charge in [-0.15, -0.1) is 0 Å². The molecule has 0 radical (unpaired) electrons. The van der Waals surface area contributed by atoms with Gasteiger partial charge < -0.3 is 10.1 Å². The van der Waals surface area contributed by atoms with E-state index in [4.69, 9.17) is 4.74 Å². The van der Waals surface area contributed by atoms with E-state index in [0.29, 0.717) is 13.1 Å². The molecule has 0 aliphatic carbocycles. The van der Waals surface area contributed by atoms with Crippen molar-refractivity contribution in [3.63, 3.8) is 0 Å². The number of sulfone groups is 1. The van der Waals surface area contributed by atoms with Crippen molar-refractivity contribution in [1.82, 2.24) is 10.2 Å². The lowest BCUT2D eigenvalue weighted by molar-refractivity contribution is -0.127. The van der Waals surface area contributed by atoms with Crippen LogP contribution in [0.2, 0.25) is 0 Å². The number of ether oxygens (including phenoxy) is 1. The summed E-state index contributed by atoms with van der Waals surface area (Å²) in [4.78, 5) is 15.2. The van der Waals surface area contributed by atoms with Crippen molar-refractivity contribution in [2.45, 2.75) is 51.8 Å². The van der Waals surface area contributed by atoms with Crippen LogP contribution in [0.1, 0.15) is 44.4 Å². The van der Waals surface area contributed by atoms with E-state index >= 15 is 0 Å². The molecule has 32 heavy (non-hydrogen) atoms. The second-order valence-corrected chi connectivity index (χ2v) is 11.1. The Hall–Kier alpha value is -2.38. The predicted molar refractivity (Wildman–Crippen MR) is 128 cm³/mol. The zero-order valence-electron chi connectivity index (χ0n) is 19.2. The smallest absolute Gasteiger partial charge is 0.242 e. The minimum atomic E-state index is -3.01. The van der Waals surface area contributed by atoms with Crippen LogP contribution in [0.3, 0.4) is 0 Å². The summed E-state index contributed by atoms with van der Waals surface area (Å²) in [6.07, 6.45) is 1.81. The number of hydrogen-bond donors (Lipinski definition) is 1. The Balaban J connectivity index is 1.60. The fourth-order valence-corrected chi connectivity index (χ4v) is 5.16. The first-order valence-electron chi connectivity index (χ1n) is 11.3. The molecule has 3 rings (SSSR count). The molecule has 7 heteroatoms. The van der Waals surface area contributed by atoms with Crippen LogP contribution in [0.5, 0.6) is 5.75 Å². The van der Waals surface area contributed by atoms with Gasteiger partial charge in [-0.1, -0.05) is 42.5 Å². The van der Waals surface area contributed by atoms with Crippen LogP contribution in [0.25, 0.3) is 0 Å². The fraction of sp³-hybridized carbons (Fsp3) is 0.480. The van der Waals surface area contributed by atoms with Gasteiger partial charge in [0, 0.05) is 19.1 Å². The fourth-order valence-electron chi connectivity index (χ4n) is 3.93. The molecule has 6 nitrogen and oxygen atoms in total. The number of aryl methyl sites for hydroxylation is 1. The molecule has 0 bridgehead atoms.